The molecule has 150 valence electrons. The number of aromatic nitrogens is 1. The largest absolute Gasteiger partial charge is 0.489 e. The number of carbonyl (C=O) groups is 1. The fourth-order valence-corrected chi connectivity index (χ4v) is 3.11. The molecule has 1 amide bonds. The van der Waals surface area contributed by atoms with Crippen molar-refractivity contribution in [1.29, 1.82) is 0 Å². The standard InChI is InChI=1S/C21H21N3O4S/c22-29(26,27)20-9-5-16(6-10-20)12-21(25)24-14-17-3-7-19(8-4-17)28-15-18-2-1-11-23-13-18/h1-11,13H,12,14-15H2,(H,24,25)(H2,22,26,27). The molecule has 7 nitrogen and oxygen atoms in total. The first-order valence-corrected chi connectivity index (χ1v) is 10.4. The van der Waals surface area contributed by atoms with E-state index in [1.165, 1.54) is 12.1 Å². The lowest BCUT2D eigenvalue weighted by Gasteiger charge is -2.09. The maximum Gasteiger partial charge on any atom is 0.238 e. The lowest BCUT2D eigenvalue weighted by atomic mass is 10.1. The van der Waals surface area contributed by atoms with Gasteiger partial charge in [-0.25, -0.2) is 13.6 Å². The van der Waals surface area contributed by atoms with Crippen LogP contribution in [0.15, 0.2) is 78.0 Å². The van der Waals surface area contributed by atoms with E-state index in [1.54, 1.807) is 24.5 Å². The van der Waals surface area contributed by atoms with Crippen LogP contribution in [0.5, 0.6) is 5.75 Å². The van der Waals surface area contributed by atoms with Gasteiger partial charge in [-0.2, -0.15) is 0 Å². The van der Waals surface area contributed by atoms with Crippen molar-refractivity contribution in [2.45, 2.75) is 24.5 Å². The maximum atomic E-state index is 12.1. The van der Waals surface area contributed by atoms with Crippen molar-refractivity contribution in [3.63, 3.8) is 0 Å². The molecule has 0 saturated carbocycles. The molecule has 0 aliphatic carbocycles. The first kappa shape index (κ1) is 20.5. The summed E-state index contributed by atoms with van der Waals surface area (Å²) in [7, 11) is -3.73. The Kier molecular flexibility index (Phi) is 6.58. The summed E-state index contributed by atoms with van der Waals surface area (Å²) in [6.45, 7) is 0.825. The molecule has 3 N–H and O–H groups in total. The highest BCUT2D eigenvalue weighted by Crippen LogP contribution is 2.14. The van der Waals surface area contributed by atoms with Crippen molar-refractivity contribution in [2.24, 2.45) is 5.14 Å². The molecule has 0 aliphatic heterocycles. The maximum absolute atomic E-state index is 12.1. The van der Waals surface area contributed by atoms with Crippen LogP contribution in [-0.4, -0.2) is 19.3 Å². The van der Waals surface area contributed by atoms with Crippen molar-refractivity contribution < 1.29 is 17.9 Å². The Morgan fingerprint density at radius 1 is 0.966 bits per heavy atom. The van der Waals surface area contributed by atoms with Crippen molar-refractivity contribution >= 4 is 15.9 Å². The molecular weight excluding hydrogens is 390 g/mol. The van der Waals surface area contributed by atoms with Gasteiger partial charge in [-0.05, 0) is 41.5 Å². The number of primary sulfonamides is 1. The highest BCUT2D eigenvalue weighted by atomic mass is 32.2. The molecule has 1 aromatic heterocycles. The fraction of sp³-hybridized carbons (Fsp3) is 0.143. The van der Waals surface area contributed by atoms with Gasteiger partial charge in [0.05, 0.1) is 11.3 Å². The van der Waals surface area contributed by atoms with Crippen LogP contribution in [0.25, 0.3) is 0 Å². The van der Waals surface area contributed by atoms with Gasteiger partial charge in [-0.3, -0.25) is 9.78 Å². The molecule has 2 aromatic carbocycles. The van der Waals surface area contributed by atoms with Crippen LogP contribution < -0.4 is 15.2 Å². The highest BCUT2D eigenvalue weighted by Gasteiger charge is 2.08. The van der Waals surface area contributed by atoms with Crippen LogP contribution in [0.1, 0.15) is 16.7 Å². The van der Waals surface area contributed by atoms with Crippen molar-refractivity contribution in [3.05, 3.63) is 89.7 Å². The number of hydrogen-bond acceptors (Lipinski definition) is 5. The second-order valence-corrected chi connectivity index (χ2v) is 8.00. The zero-order valence-electron chi connectivity index (χ0n) is 15.6. The molecular formula is C21H21N3O4S. The number of rotatable bonds is 8. The molecule has 29 heavy (non-hydrogen) atoms. The minimum absolute atomic E-state index is 0.0208. The molecule has 0 radical (unpaired) electrons. The molecule has 0 atom stereocenters. The zero-order chi connectivity index (χ0) is 20.7. The predicted octanol–water partition coefficient (Wildman–Crippen LogP) is 2.17. The summed E-state index contributed by atoms with van der Waals surface area (Å²) in [5, 5.41) is 7.90. The van der Waals surface area contributed by atoms with E-state index in [-0.39, 0.29) is 17.2 Å². The smallest absolute Gasteiger partial charge is 0.238 e. The first-order chi connectivity index (χ1) is 13.9. The van der Waals surface area contributed by atoms with E-state index in [9.17, 15) is 13.2 Å². The minimum atomic E-state index is -3.73. The molecule has 0 unspecified atom stereocenters. The lowest BCUT2D eigenvalue weighted by Crippen LogP contribution is -2.24. The van der Waals surface area contributed by atoms with Gasteiger partial charge in [-0.15, -0.1) is 0 Å². The van der Waals surface area contributed by atoms with E-state index in [1.807, 2.05) is 36.4 Å². The molecule has 0 fully saturated rings. The van der Waals surface area contributed by atoms with Gasteiger partial charge in [0.15, 0.2) is 0 Å². The summed E-state index contributed by atoms with van der Waals surface area (Å²) >= 11 is 0. The summed E-state index contributed by atoms with van der Waals surface area (Å²) in [6.07, 6.45) is 3.62. The molecule has 0 aliphatic rings. The number of amides is 1. The summed E-state index contributed by atoms with van der Waals surface area (Å²) in [5.74, 6) is 0.573. The van der Waals surface area contributed by atoms with Crippen LogP contribution in [0.2, 0.25) is 0 Å². The molecule has 3 aromatic rings. The second-order valence-electron chi connectivity index (χ2n) is 6.44. The monoisotopic (exact) mass is 411 g/mol. The Morgan fingerprint density at radius 3 is 2.28 bits per heavy atom. The summed E-state index contributed by atoms with van der Waals surface area (Å²) in [6, 6.07) is 17.2. The van der Waals surface area contributed by atoms with Crippen LogP contribution in [0.4, 0.5) is 0 Å². The lowest BCUT2D eigenvalue weighted by molar-refractivity contribution is -0.120. The van der Waals surface area contributed by atoms with Gasteiger partial charge in [0.25, 0.3) is 0 Å². The minimum Gasteiger partial charge on any atom is -0.489 e. The van der Waals surface area contributed by atoms with Crippen LogP contribution in [0.3, 0.4) is 0 Å². The Hall–Kier alpha value is -3.23. The summed E-state index contributed by atoms with van der Waals surface area (Å²) in [4.78, 5) is 16.2. The van der Waals surface area contributed by atoms with E-state index in [4.69, 9.17) is 9.88 Å². The van der Waals surface area contributed by atoms with Gasteiger partial charge in [0, 0.05) is 24.5 Å². The molecule has 0 saturated heterocycles. The molecule has 0 bridgehead atoms. The van der Waals surface area contributed by atoms with Gasteiger partial charge >= 0.3 is 0 Å². The van der Waals surface area contributed by atoms with Crippen LogP contribution >= 0.6 is 0 Å². The molecule has 8 heteroatoms. The Labute approximate surface area is 169 Å². The second kappa shape index (κ2) is 9.31. The van der Waals surface area contributed by atoms with E-state index in [0.717, 1.165) is 16.9 Å². The molecule has 1 heterocycles. The number of sulfonamides is 1. The normalized spacial score (nSPS) is 11.1. The third kappa shape index (κ3) is 6.41. The number of pyridine rings is 1. The Balaban J connectivity index is 1.46. The topological polar surface area (TPSA) is 111 Å². The number of nitrogens with one attached hydrogen (secondary N) is 1. The number of nitrogens with zero attached hydrogens (tertiary/aromatic N) is 1. The van der Waals surface area contributed by atoms with E-state index in [2.05, 4.69) is 10.3 Å². The SMILES string of the molecule is NS(=O)(=O)c1ccc(CC(=O)NCc2ccc(OCc3cccnc3)cc2)cc1. The van der Waals surface area contributed by atoms with E-state index >= 15 is 0 Å². The Bertz CT molecular complexity index is 1050. The fourth-order valence-electron chi connectivity index (χ4n) is 2.60. The van der Waals surface area contributed by atoms with Crippen molar-refractivity contribution in [3.8, 4) is 5.75 Å². The molecule has 3 rings (SSSR count). The average molecular weight is 411 g/mol. The number of hydrogen-bond donors (Lipinski definition) is 2. The first-order valence-electron chi connectivity index (χ1n) is 8.89. The van der Waals surface area contributed by atoms with E-state index in [0.29, 0.717) is 18.7 Å². The van der Waals surface area contributed by atoms with Gasteiger partial charge < -0.3 is 10.1 Å². The summed E-state index contributed by atoms with van der Waals surface area (Å²) < 4.78 is 28.2. The summed E-state index contributed by atoms with van der Waals surface area (Å²) in [5.41, 5.74) is 2.63. The number of ether oxygens (including phenoxy) is 1. The number of benzene rings is 2. The van der Waals surface area contributed by atoms with E-state index < -0.39 is 10.0 Å². The quantitative estimate of drug-likeness (QED) is 0.590. The number of nitrogens with two attached hydrogens (primary N) is 1. The highest BCUT2D eigenvalue weighted by molar-refractivity contribution is 7.89. The van der Waals surface area contributed by atoms with Crippen LogP contribution in [-0.2, 0) is 34.4 Å². The third-order valence-corrected chi connectivity index (χ3v) is 5.09. The van der Waals surface area contributed by atoms with Gasteiger partial charge in [0.1, 0.15) is 12.4 Å². The van der Waals surface area contributed by atoms with Gasteiger partial charge in [0.2, 0.25) is 15.9 Å². The third-order valence-electron chi connectivity index (χ3n) is 4.16. The van der Waals surface area contributed by atoms with Crippen LogP contribution in [0, 0.1) is 0 Å². The average Bonchev–Trinajstić information content (AvgIpc) is 2.72. The number of carbonyl (C=O) groups excluding carboxylic acids is 1. The Morgan fingerprint density at radius 2 is 1.66 bits per heavy atom. The van der Waals surface area contributed by atoms with Gasteiger partial charge in [-0.1, -0.05) is 30.3 Å². The van der Waals surface area contributed by atoms with Crippen molar-refractivity contribution in [2.75, 3.05) is 0 Å². The molecule has 0 spiro atoms. The van der Waals surface area contributed by atoms with Crippen molar-refractivity contribution in [1.82, 2.24) is 10.3 Å². The zero-order valence-corrected chi connectivity index (χ0v) is 16.4. The predicted molar refractivity (Wildman–Crippen MR) is 108 cm³/mol.